The first kappa shape index (κ1) is 15.1. The normalized spacial score (nSPS) is 8.75. The fourth-order valence-electron chi connectivity index (χ4n) is 0.962. The summed E-state index contributed by atoms with van der Waals surface area (Å²) in [7, 11) is 0. The first-order valence-corrected chi connectivity index (χ1v) is 4.55. The van der Waals surface area contributed by atoms with Crippen molar-refractivity contribution in [3.05, 3.63) is 17.2 Å². The Kier molecular flexibility index (Phi) is 6.29. The molecule has 0 aliphatic heterocycles. The molecule has 0 aliphatic carbocycles. The molecule has 1 aromatic heterocycles. The molecule has 0 saturated heterocycles. The molecule has 0 atom stereocenters. The van der Waals surface area contributed by atoms with Crippen molar-refractivity contribution in [2.45, 2.75) is 11.9 Å². The van der Waals surface area contributed by atoms with Crippen LogP contribution < -0.4 is 35.3 Å². The van der Waals surface area contributed by atoms with Gasteiger partial charge in [0.1, 0.15) is 11.4 Å². The molecule has 7 heteroatoms. The van der Waals surface area contributed by atoms with Crippen molar-refractivity contribution in [1.29, 1.82) is 5.26 Å². The standard InChI is InChI=1S/C9H9N3O2S.Na/c1-2-14-9(13)6-3-5(4-10)8(15)12-7(6)11;/h3H,2H2,1H3,(H3,11,12,15);/q;+1/p-1. The van der Waals surface area contributed by atoms with Crippen molar-refractivity contribution < 1.29 is 39.1 Å². The van der Waals surface area contributed by atoms with Crippen LogP contribution in [0.5, 0.6) is 0 Å². The van der Waals surface area contributed by atoms with E-state index in [9.17, 15) is 4.79 Å². The maximum absolute atomic E-state index is 11.4. The summed E-state index contributed by atoms with van der Waals surface area (Å²) in [6.45, 7) is 1.91. The third-order valence-corrected chi connectivity index (χ3v) is 1.94. The molecule has 5 nitrogen and oxygen atoms in total. The summed E-state index contributed by atoms with van der Waals surface area (Å²) < 4.78 is 4.75. The van der Waals surface area contributed by atoms with Gasteiger partial charge in [0.25, 0.3) is 0 Å². The third-order valence-electron chi connectivity index (χ3n) is 1.63. The number of nitrogens with two attached hydrogens (primary N) is 1. The van der Waals surface area contributed by atoms with Crippen molar-refractivity contribution in [1.82, 2.24) is 4.98 Å². The largest absolute Gasteiger partial charge is 1.00 e. The van der Waals surface area contributed by atoms with Crippen molar-refractivity contribution in [2.24, 2.45) is 0 Å². The van der Waals surface area contributed by atoms with Crippen molar-refractivity contribution in [2.75, 3.05) is 12.3 Å². The van der Waals surface area contributed by atoms with Gasteiger partial charge in [-0.15, -0.1) is 0 Å². The van der Waals surface area contributed by atoms with Crippen LogP contribution in [-0.2, 0) is 17.4 Å². The second-order valence-electron chi connectivity index (χ2n) is 2.61. The van der Waals surface area contributed by atoms with Gasteiger partial charge >= 0.3 is 35.5 Å². The number of nitrogen functional groups attached to an aromatic ring is 1. The summed E-state index contributed by atoms with van der Waals surface area (Å²) in [5, 5.41) is 8.78. The molecule has 0 radical (unpaired) electrons. The van der Waals surface area contributed by atoms with Crippen LogP contribution in [0.1, 0.15) is 22.8 Å². The Morgan fingerprint density at radius 3 is 2.88 bits per heavy atom. The van der Waals surface area contributed by atoms with E-state index in [-0.39, 0.29) is 58.1 Å². The summed E-state index contributed by atoms with van der Waals surface area (Å²) in [6.07, 6.45) is 0. The number of carbonyl (C=O) groups is 1. The number of rotatable bonds is 2. The number of anilines is 1. The third kappa shape index (κ3) is 3.32. The van der Waals surface area contributed by atoms with Crippen LogP contribution in [0.25, 0.3) is 0 Å². The molecule has 16 heavy (non-hydrogen) atoms. The Bertz CT molecular complexity index is 445. The molecule has 2 N–H and O–H groups in total. The average molecular weight is 245 g/mol. The molecule has 0 saturated carbocycles. The molecule has 0 aliphatic rings. The number of pyridine rings is 1. The molecule has 1 aromatic rings. The van der Waals surface area contributed by atoms with E-state index in [0.29, 0.717) is 0 Å². The molecule has 78 valence electrons. The number of nitrogens with zero attached hydrogens (tertiary/aromatic N) is 2. The van der Waals surface area contributed by atoms with E-state index in [1.54, 1.807) is 6.92 Å². The monoisotopic (exact) mass is 245 g/mol. The van der Waals surface area contributed by atoms with Gasteiger partial charge in [-0.25, -0.2) is 4.79 Å². The van der Waals surface area contributed by atoms with Crippen LogP contribution in [-0.4, -0.2) is 17.6 Å². The van der Waals surface area contributed by atoms with Crippen LogP contribution in [0.3, 0.4) is 0 Å². The molecule has 1 rings (SSSR count). The predicted octanol–water partition coefficient (Wildman–Crippen LogP) is -2.38. The Balaban J connectivity index is 0.00000225. The second kappa shape index (κ2) is 6.66. The molecular weight excluding hydrogens is 237 g/mol. The van der Waals surface area contributed by atoms with E-state index in [2.05, 4.69) is 4.98 Å². The average Bonchev–Trinajstić information content (AvgIpc) is 2.18. The minimum absolute atomic E-state index is 0. The molecule has 0 unspecified atom stereocenters. The van der Waals surface area contributed by atoms with Crippen molar-refractivity contribution >= 4 is 24.4 Å². The summed E-state index contributed by atoms with van der Waals surface area (Å²) in [6, 6.07) is 3.12. The van der Waals surface area contributed by atoms with Gasteiger partial charge in [-0.2, -0.15) is 5.26 Å². The van der Waals surface area contributed by atoms with Gasteiger partial charge in [0.15, 0.2) is 0 Å². The van der Waals surface area contributed by atoms with Crippen LogP contribution in [0.4, 0.5) is 5.82 Å². The topological polar surface area (TPSA) is 89.0 Å². The van der Waals surface area contributed by atoms with Crippen LogP contribution in [0.2, 0.25) is 0 Å². The number of ether oxygens (including phenoxy) is 1. The zero-order valence-corrected chi connectivity index (χ0v) is 11.8. The number of esters is 1. The first-order chi connectivity index (χ1) is 7.10. The van der Waals surface area contributed by atoms with E-state index >= 15 is 0 Å². The molecule has 0 bridgehead atoms. The second-order valence-corrected chi connectivity index (χ2v) is 2.99. The van der Waals surface area contributed by atoms with Crippen LogP contribution >= 0.6 is 0 Å². The smallest absolute Gasteiger partial charge is 0.759 e. The summed E-state index contributed by atoms with van der Waals surface area (Å²) in [5.41, 5.74) is 5.70. The van der Waals surface area contributed by atoms with Gasteiger partial charge < -0.3 is 23.1 Å². The van der Waals surface area contributed by atoms with Crippen molar-refractivity contribution in [3.8, 4) is 6.07 Å². The molecule has 0 amide bonds. The molecule has 0 fully saturated rings. The van der Waals surface area contributed by atoms with E-state index in [1.165, 1.54) is 6.07 Å². The Hall–Kier alpha value is -0.870. The summed E-state index contributed by atoms with van der Waals surface area (Å²) in [4.78, 5) is 15.1. The van der Waals surface area contributed by atoms with Gasteiger partial charge in [0, 0.05) is 0 Å². The molecule has 0 spiro atoms. The quantitative estimate of drug-likeness (QED) is 0.355. The van der Waals surface area contributed by atoms with Crippen LogP contribution in [0.15, 0.2) is 11.1 Å². The Morgan fingerprint density at radius 1 is 1.75 bits per heavy atom. The molecule has 0 aromatic carbocycles. The maximum atomic E-state index is 11.4. The first-order valence-electron chi connectivity index (χ1n) is 4.15. The SMILES string of the molecule is CCOC(=O)c1cc(C#N)c([S-])nc1N.[Na+]. The minimum atomic E-state index is -0.603. The zero-order valence-electron chi connectivity index (χ0n) is 8.98. The number of nitriles is 1. The minimum Gasteiger partial charge on any atom is -0.759 e. The van der Waals surface area contributed by atoms with Gasteiger partial charge in [-0.05, 0) is 13.0 Å². The summed E-state index contributed by atoms with van der Waals surface area (Å²) >= 11 is 4.78. The number of hydrogen-bond donors (Lipinski definition) is 1. The summed E-state index contributed by atoms with van der Waals surface area (Å²) in [5.74, 6) is -0.619. The van der Waals surface area contributed by atoms with Crippen molar-refractivity contribution in [3.63, 3.8) is 0 Å². The Labute approximate surface area is 121 Å². The van der Waals surface area contributed by atoms with Crippen LogP contribution in [0, 0.1) is 11.3 Å². The fraction of sp³-hybridized carbons (Fsp3) is 0.222. The maximum Gasteiger partial charge on any atom is 1.00 e. The van der Waals surface area contributed by atoms with E-state index in [4.69, 9.17) is 28.4 Å². The fourth-order valence-corrected chi connectivity index (χ4v) is 1.17. The van der Waals surface area contributed by atoms with Gasteiger partial charge in [-0.3, -0.25) is 4.98 Å². The Morgan fingerprint density at radius 2 is 2.38 bits per heavy atom. The predicted molar refractivity (Wildman–Crippen MR) is 55.0 cm³/mol. The van der Waals surface area contributed by atoms with Gasteiger partial charge in [0.2, 0.25) is 0 Å². The number of hydrogen-bond acceptors (Lipinski definition) is 6. The van der Waals surface area contributed by atoms with E-state index < -0.39 is 5.97 Å². The zero-order chi connectivity index (χ0) is 11.4. The molecular formula is C9H8N3NaO2S. The molecule has 1 heterocycles. The van der Waals surface area contributed by atoms with E-state index in [0.717, 1.165) is 0 Å². The van der Waals surface area contributed by atoms with Gasteiger partial charge in [-0.1, -0.05) is 5.03 Å². The van der Waals surface area contributed by atoms with Gasteiger partial charge in [0.05, 0.1) is 18.2 Å². The van der Waals surface area contributed by atoms with E-state index in [1.807, 2.05) is 6.07 Å². The number of aromatic nitrogens is 1. The number of carbonyl (C=O) groups excluding carboxylic acids is 1.